The summed E-state index contributed by atoms with van der Waals surface area (Å²) in [4.78, 5) is 22.0. The Balaban J connectivity index is 3.94. The molecule has 0 bridgehead atoms. The molecule has 0 atom stereocenters. The van der Waals surface area contributed by atoms with Crippen LogP contribution in [0.1, 0.15) is 110 Å². The summed E-state index contributed by atoms with van der Waals surface area (Å²) in [6.45, 7) is 10.7. The summed E-state index contributed by atoms with van der Waals surface area (Å²) in [5.74, 6) is -0.733. The van der Waals surface area contributed by atoms with E-state index in [9.17, 15) is 14.2 Å². The summed E-state index contributed by atoms with van der Waals surface area (Å²) in [5.41, 5.74) is 0. The number of hydrogen-bond donors (Lipinski definition) is 0. The molecule has 0 amide bonds. The van der Waals surface area contributed by atoms with E-state index >= 15 is 0 Å². The van der Waals surface area contributed by atoms with Crippen molar-refractivity contribution in [1.82, 2.24) is 0 Å². The Morgan fingerprint density at radius 1 is 0.583 bits per heavy atom. The zero-order valence-corrected chi connectivity index (χ0v) is 23.6. The standard InChI is InChI=1S/C28H51O7P/c1-4-7-8-21-26-36(31,34-24-19-15-11-9-13-17-22-32-27(29)5-2)35-25-20-16-12-10-14-18-23-33-28(30)6-3/h5-6H,2-4,7-26H2,1H3. The van der Waals surface area contributed by atoms with Crippen LogP contribution in [0.25, 0.3) is 0 Å². The van der Waals surface area contributed by atoms with E-state index in [0.717, 1.165) is 103 Å². The Bertz CT molecular complexity index is 577. The third kappa shape index (κ3) is 23.0. The topological polar surface area (TPSA) is 88.1 Å². The van der Waals surface area contributed by atoms with Gasteiger partial charge in [-0.3, -0.25) is 4.57 Å². The van der Waals surface area contributed by atoms with E-state index in [4.69, 9.17) is 18.5 Å². The lowest BCUT2D eigenvalue weighted by Gasteiger charge is -2.19. The average Bonchev–Trinajstić information content (AvgIpc) is 2.88. The molecular weight excluding hydrogens is 479 g/mol. The number of ether oxygens (including phenoxy) is 2. The van der Waals surface area contributed by atoms with Crippen molar-refractivity contribution in [1.29, 1.82) is 0 Å². The van der Waals surface area contributed by atoms with Crippen molar-refractivity contribution in [3.05, 3.63) is 25.3 Å². The van der Waals surface area contributed by atoms with Gasteiger partial charge in [0.2, 0.25) is 0 Å². The SMILES string of the molecule is C=CC(=O)OCCCCCCCCOP(=O)(CCCCCC)OCCCCCCCCOC(=O)C=C. The first-order chi connectivity index (χ1) is 17.5. The molecule has 210 valence electrons. The van der Waals surface area contributed by atoms with Gasteiger partial charge in [0.15, 0.2) is 0 Å². The number of rotatable bonds is 27. The van der Waals surface area contributed by atoms with Gasteiger partial charge in [-0.1, -0.05) is 90.7 Å². The quantitative estimate of drug-likeness (QED) is 0.0461. The average molecular weight is 531 g/mol. The minimum Gasteiger partial charge on any atom is -0.463 e. The summed E-state index contributed by atoms with van der Waals surface area (Å²) in [7, 11) is -3.04. The van der Waals surface area contributed by atoms with Crippen LogP contribution >= 0.6 is 7.60 Å². The lowest BCUT2D eigenvalue weighted by Crippen LogP contribution is -2.04. The third-order valence-corrected chi connectivity index (χ3v) is 7.78. The fourth-order valence-corrected chi connectivity index (χ4v) is 5.35. The first-order valence-electron chi connectivity index (χ1n) is 13.9. The minimum atomic E-state index is -3.04. The highest BCUT2D eigenvalue weighted by molar-refractivity contribution is 7.53. The van der Waals surface area contributed by atoms with Crippen LogP contribution in [-0.4, -0.2) is 44.5 Å². The monoisotopic (exact) mass is 530 g/mol. The molecule has 36 heavy (non-hydrogen) atoms. The maximum absolute atomic E-state index is 13.2. The predicted octanol–water partition coefficient (Wildman–Crippen LogP) is 7.93. The molecule has 0 spiro atoms. The number of hydrogen-bond acceptors (Lipinski definition) is 7. The van der Waals surface area contributed by atoms with Crippen LogP contribution in [0, 0.1) is 0 Å². The van der Waals surface area contributed by atoms with Gasteiger partial charge in [-0.25, -0.2) is 9.59 Å². The Kier molecular flexibility index (Phi) is 24.2. The number of carbonyl (C=O) groups is 2. The van der Waals surface area contributed by atoms with Gasteiger partial charge in [0.25, 0.3) is 0 Å². The van der Waals surface area contributed by atoms with Crippen molar-refractivity contribution in [3.8, 4) is 0 Å². The maximum Gasteiger partial charge on any atom is 0.330 e. The first-order valence-corrected chi connectivity index (χ1v) is 15.7. The van der Waals surface area contributed by atoms with Crippen LogP contribution in [0.15, 0.2) is 25.3 Å². The summed E-state index contributed by atoms with van der Waals surface area (Å²) in [6.07, 6.45) is 18.9. The highest BCUT2D eigenvalue weighted by Gasteiger charge is 2.23. The minimum absolute atomic E-state index is 0.366. The molecule has 0 aliphatic rings. The van der Waals surface area contributed by atoms with Gasteiger partial charge < -0.3 is 18.5 Å². The molecule has 0 radical (unpaired) electrons. The molecule has 0 saturated heterocycles. The van der Waals surface area contributed by atoms with E-state index in [0.29, 0.717) is 32.6 Å². The van der Waals surface area contributed by atoms with Gasteiger partial charge in [-0.2, -0.15) is 0 Å². The number of esters is 2. The number of unbranched alkanes of at least 4 members (excludes halogenated alkanes) is 13. The lowest BCUT2D eigenvalue weighted by atomic mass is 10.1. The fraction of sp³-hybridized carbons (Fsp3) is 0.786. The number of carbonyl (C=O) groups excluding carboxylic acids is 2. The van der Waals surface area contributed by atoms with E-state index < -0.39 is 7.60 Å². The summed E-state index contributed by atoms with van der Waals surface area (Å²) in [6, 6.07) is 0. The van der Waals surface area contributed by atoms with E-state index in [1.807, 2.05) is 0 Å². The van der Waals surface area contributed by atoms with Crippen LogP contribution in [0.4, 0.5) is 0 Å². The smallest absolute Gasteiger partial charge is 0.330 e. The summed E-state index contributed by atoms with van der Waals surface area (Å²) in [5, 5.41) is 0. The highest BCUT2D eigenvalue weighted by atomic mass is 31.2. The Morgan fingerprint density at radius 3 is 1.33 bits per heavy atom. The molecule has 0 aliphatic carbocycles. The van der Waals surface area contributed by atoms with Crippen molar-refractivity contribution < 1.29 is 32.7 Å². The maximum atomic E-state index is 13.2. The molecular formula is C28H51O7P. The Morgan fingerprint density at radius 2 is 0.944 bits per heavy atom. The lowest BCUT2D eigenvalue weighted by molar-refractivity contribution is -0.138. The van der Waals surface area contributed by atoms with E-state index in [1.54, 1.807) is 0 Å². The molecule has 0 aliphatic heterocycles. The Hall–Kier alpha value is -1.43. The second kappa shape index (κ2) is 25.2. The molecule has 0 rings (SSSR count). The van der Waals surface area contributed by atoms with Crippen LogP contribution in [0.2, 0.25) is 0 Å². The van der Waals surface area contributed by atoms with Crippen LogP contribution in [0.3, 0.4) is 0 Å². The fourth-order valence-electron chi connectivity index (χ4n) is 3.59. The van der Waals surface area contributed by atoms with Gasteiger partial charge in [0.05, 0.1) is 32.6 Å². The summed E-state index contributed by atoms with van der Waals surface area (Å²) < 4.78 is 34.8. The molecule has 0 aromatic rings. The van der Waals surface area contributed by atoms with Gasteiger partial charge in [0.1, 0.15) is 0 Å². The zero-order chi connectivity index (χ0) is 26.7. The largest absolute Gasteiger partial charge is 0.463 e. The summed E-state index contributed by atoms with van der Waals surface area (Å²) >= 11 is 0. The molecule has 8 heteroatoms. The predicted molar refractivity (Wildman–Crippen MR) is 146 cm³/mol. The van der Waals surface area contributed by atoms with Crippen LogP contribution in [-0.2, 0) is 32.7 Å². The van der Waals surface area contributed by atoms with Gasteiger partial charge in [-0.05, 0) is 32.1 Å². The molecule has 0 aromatic carbocycles. The molecule has 0 unspecified atom stereocenters. The van der Waals surface area contributed by atoms with Crippen LogP contribution in [0.5, 0.6) is 0 Å². The molecule has 0 N–H and O–H groups in total. The van der Waals surface area contributed by atoms with Gasteiger partial charge >= 0.3 is 19.5 Å². The Labute approximate surface area is 219 Å². The van der Waals surface area contributed by atoms with Crippen molar-refractivity contribution in [2.75, 3.05) is 32.6 Å². The van der Waals surface area contributed by atoms with Crippen LogP contribution < -0.4 is 0 Å². The van der Waals surface area contributed by atoms with Crippen molar-refractivity contribution in [3.63, 3.8) is 0 Å². The van der Waals surface area contributed by atoms with E-state index in [1.165, 1.54) is 12.2 Å². The normalized spacial score (nSPS) is 11.2. The molecule has 0 saturated carbocycles. The third-order valence-electron chi connectivity index (χ3n) is 5.76. The van der Waals surface area contributed by atoms with Gasteiger partial charge in [-0.15, -0.1) is 0 Å². The molecule has 0 fully saturated rings. The van der Waals surface area contributed by atoms with Gasteiger partial charge in [0, 0.05) is 12.2 Å². The van der Waals surface area contributed by atoms with Crippen molar-refractivity contribution >= 4 is 19.5 Å². The molecule has 0 aromatic heterocycles. The first kappa shape index (κ1) is 34.6. The van der Waals surface area contributed by atoms with Crippen molar-refractivity contribution in [2.24, 2.45) is 0 Å². The molecule has 7 nitrogen and oxygen atoms in total. The van der Waals surface area contributed by atoms with E-state index in [2.05, 4.69) is 20.1 Å². The second-order valence-corrected chi connectivity index (χ2v) is 11.2. The van der Waals surface area contributed by atoms with E-state index in [-0.39, 0.29) is 11.9 Å². The van der Waals surface area contributed by atoms with Crippen molar-refractivity contribution in [2.45, 2.75) is 110 Å². The highest BCUT2D eigenvalue weighted by Crippen LogP contribution is 2.49. The molecule has 0 heterocycles. The zero-order valence-electron chi connectivity index (χ0n) is 22.7. The second-order valence-electron chi connectivity index (χ2n) is 9.05.